The van der Waals surface area contributed by atoms with Crippen molar-refractivity contribution in [3.05, 3.63) is 76.7 Å². The second-order valence-electron chi connectivity index (χ2n) is 7.08. The van der Waals surface area contributed by atoms with Crippen LogP contribution in [-0.4, -0.2) is 46.4 Å². The Hall–Kier alpha value is -2.93. The van der Waals surface area contributed by atoms with E-state index >= 15 is 0 Å². The summed E-state index contributed by atoms with van der Waals surface area (Å²) in [6.07, 6.45) is 3.37. The molecule has 0 spiro atoms. The van der Waals surface area contributed by atoms with E-state index in [9.17, 15) is 4.79 Å². The van der Waals surface area contributed by atoms with Crippen LogP contribution in [0.25, 0.3) is 16.5 Å². The number of hydrogen-bond donors (Lipinski definition) is 0. The van der Waals surface area contributed by atoms with Gasteiger partial charge in [-0.05, 0) is 36.6 Å². The lowest BCUT2D eigenvalue weighted by Gasteiger charge is -2.14. The Morgan fingerprint density at radius 1 is 0.969 bits per heavy atom. The predicted octanol–water partition coefficient (Wildman–Crippen LogP) is 5.67. The Morgan fingerprint density at radius 2 is 1.75 bits per heavy atom. The lowest BCUT2D eigenvalue weighted by Crippen LogP contribution is -2.10. The highest BCUT2D eigenvalue weighted by atomic mass is 32.1. The zero-order valence-electron chi connectivity index (χ0n) is 18.6. The highest BCUT2D eigenvalue weighted by Crippen LogP contribution is 2.38. The quantitative estimate of drug-likeness (QED) is 0.201. The number of aryl methyl sites for hydroxylation is 1. The molecule has 0 unspecified atom stereocenters. The molecule has 1 heterocycles. The highest BCUT2D eigenvalue weighted by Gasteiger charge is 2.13. The minimum Gasteiger partial charge on any atom is -0.496 e. The van der Waals surface area contributed by atoms with Gasteiger partial charge in [-0.1, -0.05) is 35.9 Å². The van der Waals surface area contributed by atoms with E-state index in [4.69, 9.17) is 18.9 Å². The molecule has 168 valence electrons. The Kier molecular flexibility index (Phi) is 9.04. The number of carbonyl (C=O) groups excluding carboxylic acids is 1. The number of ketones is 1. The molecule has 0 aliphatic carbocycles. The molecule has 3 aromatic rings. The number of ether oxygens (including phenoxy) is 4. The number of rotatable bonds is 12. The zero-order valence-corrected chi connectivity index (χ0v) is 19.4. The molecule has 0 bridgehead atoms. The number of thiophene rings is 1. The van der Waals surface area contributed by atoms with Gasteiger partial charge in [0.15, 0.2) is 5.78 Å². The van der Waals surface area contributed by atoms with Crippen molar-refractivity contribution in [2.75, 3.05) is 40.6 Å². The summed E-state index contributed by atoms with van der Waals surface area (Å²) in [5, 5.41) is 2.02. The molecule has 1 aromatic heterocycles. The molecule has 0 saturated carbocycles. The summed E-state index contributed by atoms with van der Waals surface area (Å²) in [4.78, 5) is 13.7. The molecule has 0 saturated heterocycles. The van der Waals surface area contributed by atoms with Crippen molar-refractivity contribution in [2.24, 2.45) is 0 Å². The molecule has 0 amide bonds. The standard InChI is InChI=1S/C26H28O5S/c1-19-6-8-20(9-7-19)23(27)11-10-21-17-22(26-5-4-16-32-26)25(29-3)18-24(21)31-15-14-30-13-12-28-2/h4-11,16-18H,12-15H2,1-3H3/b11-10+. The van der Waals surface area contributed by atoms with E-state index in [0.29, 0.717) is 43.5 Å². The predicted molar refractivity (Wildman–Crippen MR) is 129 cm³/mol. The van der Waals surface area contributed by atoms with Crippen molar-refractivity contribution in [3.8, 4) is 21.9 Å². The lowest BCUT2D eigenvalue weighted by atomic mass is 10.0. The second kappa shape index (κ2) is 12.2. The van der Waals surface area contributed by atoms with Crippen molar-refractivity contribution in [1.29, 1.82) is 0 Å². The average molecular weight is 453 g/mol. The summed E-state index contributed by atoms with van der Waals surface area (Å²) in [6, 6.07) is 15.4. The largest absolute Gasteiger partial charge is 0.496 e. The fourth-order valence-electron chi connectivity index (χ4n) is 3.06. The van der Waals surface area contributed by atoms with Crippen LogP contribution in [0.5, 0.6) is 11.5 Å². The van der Waals surface area contributed by atoms with Crippen molar-refractivity contribution in [3.63, 3.8) is 0 Å². The Balaban J connectivity index is 1.85. The highest BCUT2D eigenvalue weighted by molar-refractivity contribution is 7.13. The molecule has 0 aliphatic rings. The summed E-state index contributed by atoms with van der Waals surface area (Å²) < 4.78 is 22.1. The smallest absolute Gasteiger partial charge is 0.185 e. The van der Waals surface area contributed by atoms with E-state index < -0.39 is 0 Å². The Labute approximate surface area is 193 Å². The molecule has 0 aliphatic heterocycles. The first-order valence-corrected chi connectivity index (χ1v) is 11.2. The maximum atomic E-state index is 12.7. The van der Waals surface area contributed by atoms with Crippen LogP contribution in [0.15, 0.2) is 60.0 Å². The first kappa shape index (κ1) is 23.7. The third kappa shape index (κ3) is 6.53. The number of hydrogen-bond acceptors (Lipinski definition) is 6. The van der Waals surface area contributed by atoms with Crippen molar-refractivity contribution in [2.45, 2.75) is 6.92 Å². The number of benzene rings is 2. The van der Waals surface area contributed by atoms with Gasteiger partial charge in [0.25, 0.3) is 0 Å². The van der Waals surface area contributed by atoms with Crippen LogP contribution in [0.3, 0.4) is 0 Å². The van der Waals surface area contributed by atoms with Crippen molar-refractivity contribution < 1.29 is 23.7 Å². The Morgan fingerprint density at radius 3 is 2.44 bits per heavy atom. The summed E-state index contributed by atoms with van der Waals surface area (Å²) in [5.74, 6) is 1.28. The summed E-state index contributed by atoms with van der Waals surface area (Å²) >= 11 is 1.63. The van der Waals surface area contributed by atoms with E-state index in [1.807, 2.05) is 60.8 Å². The topological polar surface area (TPSA) is 54.0 Å². The van der Waals surface area contributed by atoms with Crippen molar-refractivity contribution in [1.82, 2.24) is 0 Å². The molecule has 3 rings (SSSR count). The van der Waals surface area contributed by atoms with Crippen LogP contribution in [0, 0.1) is 6.92 Å². The van der Waals surface area contributed by atoms with Gasteiger partial charge >= 0.3 is 0 Å². The maximum absolute atomic E-state index is 12.7. The van der Waals surface area contributed by atoms with Gasteiger partial charge in [0.2, 0.25) is 0 Å². The molecular formula is C26H28O5S. The van der Waals surface area contributed by atoms with Gasteiger partial charge in [0, 0.05) is 34.7 Å². The SMILES string of the molecule is COCCOCCOc1cc(OC)c(-c2cccs2)cc1/C=C/C(=O)c1ccc(C)cc1. The Bertz CT molecular complexity index is 1020. The van der Waals surface area contributed by atoms with Gasteiger partial charge in [-0.2, -0.15) is 0 Å². The zero-order chi connectivity index (χ0) is 22.8. The van der Waals surface area contributed by atoms with E-state index in [2.05, 4.69) is 0 Å². The van der Waals surface area contributed by atoms with Crippen LogP contribution < -0.4 is 9.47 Å². The monoisotopic (exact) mass is 452 g/mol. The summed E-state index contributed by atoms with van der Waals surface area (Å²) in [5.41, 5.74) is 3.51. The summed E-state index contributed by atoms with van der Waals surface area (Å²) in [7, 11) is 3.28. The normalized spacial score (nSPS) is 11.1. The van der Waals surface area contributed by atoms with E-state index in [1.165, 1.54) is 0 Å². The minimum atomic E-state index is -0.0626. The third-order valence-electron chi connectivity index (χ3n) is 4.79. The van der Waals surface area contributed by atoms with Crippen LogP contribution in [0.4, 0.5) is 0 Å². The fraction of sp³-hybridized carbons (Fsp3) is 0.269. The first-order valence-electron chi connectivity index (χ1n) is 10.4. The maximum Gasteiger partial charge on any atom is 0.185 e. The van der Waals surface area contributed by atoms with E-state index in [-0.39, 0.29) is 5.78 Å². The molecule has 0 radical (unpaired) electrons. The van der Waals surface area contributed by atoms with Gasteiger partial charge in [-0.3, -0.25) is 4.79 Å². The molecule has 0 atom stereocenters. The van der Waals surface area contributed by atoms with Gasteiger partial charge in [0.1, 0.15) is 18.1 Å². The van der Waals surface area contributed by atoms with Crippen LogP contribution in [0.1, 0.15) is 21.5 Å². The second-order valence-corrected chi connectivity index (χ2v) is 8.03. The average Bonchev–Trinajstić information content (AvgIpc) is 3.35. The van der Waals surface area contributed by atoms with Crippen molar-refractivity contribution >= 4 is 23.2 Å². The lowest BCUT2D eigenvalue weighted by molar-refractivity contribution is 0.0543. The van der Waals surface area contributed by atoms with E-state index in [0.717, 1.165) is 21.6 Å². The molecule has 32 heavy (non-hydrogen) atoms. The van der Waals surface area contributed by atoms with Gasteiger partial charge in [0.05, 0.1) is 26.9 Å². The molecular weight excluding hydrogens is 424 g/mol. The molecule has 0 N–H and O–H groups in total. The van der Waals surface area contributed by atoms with E-state index in [1.54, 1.807) is 37.7 Å². The van der Waals surface area contributed by atoms with Crippen LogP contribution in [0.2, 0.25) is 0 Å². The molecule has 5 nitrogen and oxygen atoms in total. The fourth-order valence-corrected chi connectivity index (χ4v) is 3.81. The van der Waals surface area contributed by atoms with Gasteiger partial charge < -0.3 is 18.9 Å². The van der Waals surface area contributed by atoms with Gasteiger partial charge in [-0.25, -0.2) is 0 Å². The first-order chi connectivity index (χ1) is 15.6. The number of allylic oxidation sites excluding steroid dienone is 1. The minimum absolute atomic E-state index is 0.0626. The summed E-state index contributed by atoms with van der Waals surface area (Å²) in [6.45, 7) is 3.86. The molecule has 6 heteroatoms. The van der Waals surface area contributed by atoms with Crippen LogP contribution in [-0.2, 0) is 9.47 Å². The third-order valence-corrected chi connectivity index (χ3v) is 5.69. The molecule has 2 aromatic carbocycles. The van der Waals surface area contributed by atoms with Gasteiger partial charge in [-0.15, -0.1) is 11.3 Å². The number of methoxy groups -OCH3 is 2. The molecule has 0 fully saturated rings. The van der Waals surface area contributed by atoms with Crippen LogP contribution >= 0.6 is 11.3 Å². The number of carbonyl (C=O) groups is 1.